The Kier molecular flexibility index (Phi) is 7.78. The average molecular weight is 402 g/mol. The fourth-order valence-electron chi connectivity index (χ4n) is 4.67. The second kappa shape index (κ2) is 10.5. The highest BCUT2D eigenvalue weighted by molar-refractivity contribution is 5.89. The number of carbonyl (C=O) groups excluding carboxylic acids is 2. The summed E-state index contributed by atoms with van der Waals surface area (Å²) in [6.07, 6.45) is 8.41. The van der Waals surface area contributed by atoms with Crippen LogP contribution in [-0.2, 0) is 4.79 Å². The molecule has 1 saturated heterocycles. The number of ether oxygens (including phenoxy) is 1. The number of amides is 3. The van der Waals surface area contributed by atoms with Crippen LogP contribution in [0.25, 0.3) is 0 Å². The molecule has 6 heteroatoms. The Hall–Kier alpha value is -2.24. The van der Waals surface area contributed by atoms with Gasteiger partial charge in [0.1, 0.15) is 5.75 Å². The first-order valence-electron chi connectivity index (χ1n) is 11.1. The molecule has 29 heavy (non-hydrogen) atoms. The molecule has 0 radical (unpaired) electrons. The van der Waals surface area contributed by atoms with Gasteiger partial charge in [0.2, 0.25) is 5.91 Å². The van der Waals surface area contributed by atoms with Crippen LogP contribution in [0.15, 0.2) is 24.3 Å². The summed E-state index contributed by atoms with van der Waals surface area (Å²) in [5.74, 6) is 1.62. The minimum Gasteiger partial charge on any atom is -0.497 e. The van der Waals surface area contributed by atoms with Crippen LogP contribution in [0, 0.1) is 11.8 Å². The van der Waals surface area contributed by atoms with E-state index in [1.807, 2.05) is 29.2 Å². The molecule has 2 N–H and O–H groups in total. The normalized spacial score (nSPS) is 22.8. The maximum absolute atomic E-state index is 12.7. The van der Waals surface area contributed by atoms with Crippen molar-refractivity contribution < 1.29 is 14.3 Å². The van der Waals surface area contributed by atoms with Crippen molar-refractivity contribution in [2.45, 2.75) is 64.3 Å². The standard InChI is InChI=1S/C23H35N3O3/c1-3-17-16-26(23(28)25-20-10-7-11-21(15-20)29-2)13-12-18(17)14-22(27)24-19-8-5-4-6-9-19/h7,10-11,15,17-19H,3-6,8-9,12-14,16H2,1-2H3,(H,24,27)(H,25,28). The Morgan fingerprint density at radius 3 is 2.66 bits per heavy atom. The van der Waals surface area contributed by atoms with E-state index in [4.69, 9.17) is 4.74 Å². The number of carbonyl (C=O) groups is 2. The van der Waals surface area contributed by atoms with Crippen LogP contribution >= 0.6 is 0 Å². The number of urea groups is 1. The van der Waals surface area contributed by atoms with Gasteiger partial charge in [-0.15, -0.1) is 0 Å². The van der Waals surface area contributed by atoms with Gasteiger partial charge in [0, 0.05) is 37.3 Å². The third-order valence-electron chi connectivity index (χ3n) is 6.44. The predicted molar refractivity (Wildman–Crippen MR) is 115 cm³/mol. The van der Waals surface area contributed by atoms with E-state index in [-0.39, 0.29) is 11.9 Å². The fourth-order valence-corrected chi connectivity index (χ4v) is 4.67. The zero-order valence-corrected chi connectivity index (χ0v) is 17.8. The van der Waals surface area contributed by atoms with Crippen LogP contribution in [0.1, 0.15) is 58.3 Å². The number of likely N-dealkylation sites (tertiary alicyclic amines) is 1. The van der Waals surface area contributed by atoms with Gasteiger partial charge in [-0.05, 0) is 43.2 Å². The van der Waals surface area contributed by atoms with Crippen molar-refractivity contribution in [2.24, 2.45) is 11.8 Å². The van der Waals surface area contributed by atoms with E-state index in [9.17, 15) is 9.59 Å². The number of piperidine rings is 1. The Bertz CT molecular complexity index is 688. The van der Waals surface area contributed by atoms with Gasteiger partial charge in [-0.2, -0.15) is 0 Å². The monoisotopic (exact) mass is 401 g/mol. The minimum absolute atomic E-state index is 0.0817. The Balaban J connectivity index is 1.50. The topological polar surface area (TPSA) is 70.7 Å². The lowest BCUT2D eigenvalue weighted by atomic mass is 9.81. The molecule has 2 unspecified atom stereocenters. The largest absolute Gasteiger partial charge is 0.497 e. The summed E-state index contributed by atoms with van der Waals surface area (Å²) in [4.78, 5) is 27.1. The van der Waals surface area contributed by atoms with Crippen molar-refractivity contribution in [3.63, 3.8) is 0 Å². The number of hydrogen-bond donors (Lipinski definition) is 2. The number of nitrogens with zero attached hydrogens (tertiary/aromatic N) is 1. The lowest BCUT2D eigenvalue weighted by Gasteiger charge is -2.38. The van der Waals surface area contributed by atoms with Crippen LogP contribution in [0.4, 0.5) is 10.5 Å². The maximum Gasteiger partial charge on any atom is 0.321 e. The number of benzene rings is 1. The molecule has 1 saturated carbocycles. The molecular formula is C23H35N3O3. The van der Waals surface area contributed by atoms with E-state index < -0.39 is 0 Å². The van der Waals surface area contributed by atoms with Crippen molar-refractivity contribution >= 4 is 17.6 Å². The Morgan fingerprint density at radius 2 is 1.93 bits per heavy atom. The molecule has 3 rings (SSSR count). The molecule has 6 nitrogen and oxygen atoms in total. The summed E-state index contributed by atoms with van der Waals surface area (Å²) in [5, 5.41) is 6.21. The van der Waals surface area contributed by atoms with E-state index in [2.05, 4.69) is 17.6 Å². The predicted octanol–water partition coefficient (Wildman–Crippen LogP) is 4.41. The van der Waals surface area contributed by atoms with Crippen LogP contribution < -0.4 is 15.4 Å². The Labute approximate surface area is 174 Å². The van der Waals surface area contributed by atoms with Gasteiger partial charge in [0.05, 0.1) is 7.11 Å². The van der Waals surface area contributed by atoms with Crippen LogP contribution in [0.2, 0.25) is 0 Å². The molecule has 3 amide bonds. The lowest BCUT2D eigenvalue weighted by Crippen LogP contribution is -2.47. The van der Waals surface area contributed by atoms with E-state index in [0.29, 0.717) is 37.4 Å². The van der Waals surface area contributed by atoms with Crippen molar-refractivity contribution in [1.82, 2.24) is 10.2 Å². The van der Waals surface area contributed by atoms with Crippen molar-refractivity contribution in [2.75, 3.05) is 25.5 Å². The molecule has 0 aromatic heterocycles. The molecule has 1 aromatic carbocycles. The molecule has 160 valence electrons. The molecule has 0 spiro atoms. The highest BCUT2D eigenvalue weighted by atomic mass is 16.5. The molecule has 2 atom stereocenters. The summed E-state index contributed by atoms with van der Waals surface area (Å²) >= 11 is 0. The average Bonchev–Trinajstić information content (AvgIpc) is 2.74. The van der Waals surface area contributed by atoms with Crippen molar-refractivity contribution in [1.29, 1.82) is 0 Å². The zero-order valence-electron chi connectivity index (χ0n) is 17.8. The van der Waals surface area contributed by atoms with E-state index in [1.165, 1.54) is 19.3 Å². The smallest absolute Gasteiger partial charge is 0.321 e. The number of nitrogens with one attached hydrogen (secondary N) is 2. The van der Waals surface area contributed by atoms with Gasteiger partial charge >= 0.3 is 6.03 Å². The van der Waals surface area contributed by atoms with Gasteiger partial charge in [-0.25, -0.2) is 4.79 Å². The summed E-state index contributed by atoms with van der Waals surface area (Å²) < 4.78 is 5.22. The molecule has 1 aliphatic heterocycles. The first-order valence-corrected chi connectivity index (χ1v) is 11.1. The zero-order chi connectivity index (χ0) is 20.6. The number of hydrogen-bond acceptors (Lipinski definition) is 3. The number of rotatable bonds is 6. The molecule has 1 heterocycles. The quantitative estimate of drug-likeness (QED) is 0.741. The molecule has 2 aliphatic rings. The van der Waals surface area contributed by atoms with Crippen molar-refractivity contribution in [3.05, 3.63) is 24.3 Å². The SMILES string of the molecule is CCC1CN(C(=O)Nc2cccc(OC)c2)CCC1CC(=O)NC1CCCCC1. The summed E-state index contributed by atoms with van der Waals surface area (Å²) in [7, 11) is 1.61. The van der Waals surface area contributed by atoms with Gasteiger partial charge < -0.3 is 20.3 Å². The number of methoxy groups -OCH3 is 1. The second-order valence-electron chi connectivity index (χ2n) is 8.43. The molecule has 2 fully saturated rings. The number of anilines is 1. The molecule has 1 aliphatic carbocycles. The van der Waals surface area contributed by atoms with E-state index >= 15 is 0 Å². The van der Waals surface area contributed by atoms with E-state index in [0.717, 1.165) is 37.1 Å². The highest BCUT2D eigenvalue weighted by Gasteiger charge is 2.32. The van der Waals surface area contributed by atoms with Gasteiger partial charge in [-0.3, -0.25) is 4.79 Å². The van der Waals surface area contributed by atoms with Crippen LogP contribution in [0.5, 0.6) is 5.75 Å². The molecular weight excluding hydrogens is 366 g/mol. The lowest BCUT2D eigenvalue weighted by molar-refractivity contribution is -0.123. The first-order chi connectivity index (χ1) is 14.1. The molecule has 1 aromatic rings. The van der Waals surface area contributed by atoms with Gasteiger partial charge in [-0.1, -0.05) is 38.7 Å². The molecule has 0 bridgehead atoms. The summed E-state index contributed by atoms with van der Waals surface area (Å²) in [6, 6.07) is 7.68. The third kappa shape index (κ3) is 6.12. The minimum atomic E-state index is -0.0817. The fraction of sp³-hybridized carbons (Fsp3) is 0.652. The van der Waals surface area contributed by atoms with Crippen molar-refractivity contribution in [3.8, 4) is 5.75 Å². The van der Waals surface area contributed by atoms with E-state index in [1.54, 1.807) is 7.11 Å². The third-order valence-corrected chi connectivity index (χ3v) is 6.44. The van der Waals surface area contributed by atoms with Crippen LogP contribution in [0.3, 0.4) is 0 Å². The van der Waals surface area contributed by atoms with Crippen LogP contribution in [-0.4, -0.2) is 43.1 Å². The highest BCUT2D eigenvalue weighted by Crippen LogP contribution is 2.30. The van der Waals surface area contributed by atoms with Gasteiger partial charge in [0.25, 0.3) is 0 Å². The maximum atomic E-state index is 12.7. The summed E-state index contributed by atoms with van der Waals surface area (Å²) in [6.45, 7) is 3.54. The van der Waals surface area contributed by atoms with Gasteiger partial charge in [0.15, 0.2) is 0 Å². The summed E-state index contributed by atoms with van der Waals surface area (Å²) in [5.41, 5.74) is 0.733. The first kappa shape index (κ1) is 21.5. The Morgan fingerprint density at radius 1 is 1.14 bits per heavy atom. The second-order valence-corrected chi connectivity index (χ2v) is 8.43.